The summed E-state index contributed by atoms with van der Waals surface area (Å²) >= 11 is 0. The van der Waals surface area contributed by atoms with Crippen LogP contribution in [0.5, 0.6) is 0 Å². The Bertz CT molecular complexity index is 315. The van der Waals surface area contributed by atoms with Gasteiger partial charge in [-0.3, -0.25) is 0 Å². The Hall–Kier alpha value is -0.980. The summed E-state index contributed by atoms with van der Waals surface area (Å²) in [6.45, 7) is 10.0. The molecule has 0 saturated heterocycles. The van der Waals surface area contributed by atoms with Gasteiger partial charge >= 0.3 is 0 Å². The molecule has 1 rings (SSSR count). The first-order valence-electron chi connectivity index (χ1n) is 6.49. The van der Waals surface area contributed by atoms with Gasteiger partial charge in [0.25, 0.3) is 0 Å². The molecular formula is C15H25N. The van der Waals surface area contributed by atoms with Gasteiger partial charge in [0.2, 0.25) is 0 Å². The summed E-state index contributed by atoms with van der Waals surface area (Å²) in [6, 6.07) is 6.72. The van der Waals surface area contributed by atoms with Gasteiger partial charge in [-0.25, -0.2) is 0 Å². The SMILES string of the molecule is CCCCCNc1ccc(C(C)C)c(C)c1. The molecule has 1 aromatic rings. The normalized spacial score (nSPS) is 10.8. The van der Waals surface area contributed by atoms with Gasteiger partial charge in [0.1, 0.15) is 0 Å². The third-order valence-electron chi connectivity index (χ3n) is 3.00. The van der Waals surface area contributed by atoms with Crippen molar-refractivity contribution in [3.05, 3.63) is 29.3 Å². The number of hydrogen-bond acceptors (Lipinski definition) is 1. The number of unbranched alkanes of at least 4 members (excludes halogenated alkanes) is 2. The number of rotatable bonds is 6. The number of anilines is 1. The fourth-order valence-corrected chi connectivity index (χ4v) is 2.04. The first-order valence-corrected chi connectivity index (χ1v) is 6.49. The minimum Gasteiger partial charge on any atom is -0.385 e. The monoisotopic (exact) mass is 219 g/mol. The third kappa shape index (κ3) is 3.88. The van der Waals surface area contributed by atoms with Crippen LogP contribution < -0.4 is 5.32 Å². The summed E-state index contributed by atoms with van der Waals surface area (Å²) in [5.74, 6) is 0.620. The van der Waals surface area contributed by atoms with Crippen LogP contribution in [0.15, 0.2) is 18.2 Å². The number of aryl methyl sites for hydroxylation is 1. The molecule has 0 atom stereocenters. The average molecular weight is 219 g/mol. The maximum Gasteiger partial charge on any atom is 0.0343 e. The second-order valence-corrected chi connectivity index (χ2v) is 4.86. The molecule has 0 heterocycles. The Balaban J connectivity index is 2.53. The van der Waals surface area contributed by atoms with Crippen LogP contribution in [-0.4, -0.2) is 6.54 Å². The molecule has 1 N–H and O–H groups in total. The zero-order valence-corrected chi connectivity index (χ0v) is 11.1. The van der Waals surface area contributed by atoms with Gasteiger partial charge in [-0.15, -0.1) is 0 Å². The van der Waals surface area contributed by atoms with E-state index in [-0.39, 0.29) is 0 Å². The van der Waals surface area contributed by atoms with Gasteiger partial charge in [-0.2, -0.15) is 0 Å². The minimum atomic E-state index is 0.620. The Morgan fingerprint density at radius 3 is 2.50 bits per heavy atom. The van der Waals surface area contributed by atoms with Gasteiger partial charge in [0, 0.05) is 12.2 Å². The summed E-state index contributed by atoms with van der Waals surface area (Å²) in [6.07, 6.45) is 3.87. The zero-order chi connectivity index (χ0) is 12.0. The van der Waals surface area contributed by atoms with Crippen molar-refractivity contribution >= 4 is 5.69 Å². The fraction of sp³-hybridized carbons (Fsp3) is 0.600. The Kier molecular flexibility index (Phi) is 5.37. The molecule has 1 nitrogen and oxygen atoms in total. The number of hydrogen-bond donors (Lipinski definition) is 1. The van der Waals surface area contributed by atoms with E-state index in [2.05, 4.69) is 51.2 Å². The van der Waals surface area contributed by atoms with E-state index in [4.69, 9.17) is 0 Å². The van der Waals surface area contributed by atoms with Crippen LogP contribution in [-0.2, 0) is 0 Å². The lowest BCUT2D eigenvalue weighted by atomic mass is 9.98. The molecule has 0 spiro atoms. The maximum atomic E-state index is 3.49. The largest absolute Gasteiger partial charge is 0.385 e. The van der Waals surface area contributed by atoms with E-state index in [1.54, 1.807) is 0 Å². The van der Waals surface area contributed by atoms with E-state index in [9.17, 15) is 0 Å². The predicted molar refractivity (Wildman–Crippen MR) is 73.3 cm³/mol. The number of nitrogens with one attached hydrogen (secondary N) is 1. The highest BCUT2D eigenvalue weighted by Crippen LogP contribution is 2.22. The van der Waals surface area contributed by atoms with E-state index in [1.807, 2.05) is 0 Å². The van der Waals surface area contributed by atoms with Crippen molar-refractivity contribution in [1.82, 2.24) is 0 Å². The molecule has 0 fully saturated rings. The lowest BCUT2D eigenvalue weighted by Crippen LogP contribution is -2.02. The summed E-state index contributed by atoms with van der Waals surface area (Å²) in [7, 11) is 0. The van der Waals surface area contributed by atoms with Crippen molar-refractivity contribution in [3.63, 3.8) is 0 Å². The van der Waals surface area contributed by atoms with E-state index in [0.29, 0.717) is 5.92 Å². The molecular weight excluding hydrogens is 194 g/mol. The topological polar surface area (TPSA) is 12.0 Å². The predicted octanol–water partition coefficient (Wildman–Crippen LogP) is 4.72. The molecule has 0 saturated carbocycles. The van der Waals surface area contributed by atoms with Crippen LogP contribution >= 0.6 is 0 Å². The molecule has 16 heavy (non-hydrogen) atoms. The highest BCUT2D eigenvalue weighted by molar-refractivity contribution is 5.49. The fourth-order valence-electron chi connectivity index (χ4n) is 2.04. The number of benzene rings is 1. The van der Waals surface area contributed by atoms with Crippen molar-refractivity contribution in [2.24, 2.45) is 0 Å². The Morgan fingerprint density at radius 1 is 1.19 bits per heavy atom. The van der Waals surface area contributed by atoms with Gasteiger partial charge in [-0.1, -0.05) is 39.7 Å². The van der Waals surface area contributed by atoms with Gasteiger partial charge in [0.15, 0.2) is 0 Å². The van der Waals surface area contributed by atoms with E-state index in [0.717, 1.165) is 6.54 Å². The van der Waals surface area contributed by atoms with Gasteiger partial charge in [0.05, 0.1) is 0 Å². The molecule has 0 aliphatic heterocycles. The molecule has 0 unspecified atom stereocenters. The van der Waals surface area contributed by atoms with Crippen molar-refractivity contribution in [3.8, 4) is 0 Å². The maximum absolute atomic E-state index is 3.49. The molecule has 0 radical (unpaired) electrons. The smallest absolute Gasteiger partial charge is 0.0343 e. The first-order chi connectivity index (χ1) is 7.65. The quantitative estimate of drug-likeness (QED) is 0.683. The van der Waals surface area contributed by atoms with Crippen molar-refractivity contribution in [1.29, 1.82) is 0 Å². The minimum absolute atomic E-state index is 0.620. The first kappa shape index (κ1) is 13.1. The van der Waals surface area contributed by atoms with Crippen molar-refractivity contribution in [2.45, 2.75) is 52.9 Å². The van der Waals surface area contributed by atoms with Crippen LogP contribution in [0.2, 0.25) is 0 Å². The standard InChI is InChI=1S/C15H25N/c1-5-6-7-10-16-14-8-9-15(12(2)3)13(4)11-14/h8-9,11-12,16H,5-7,10H2,1-4H3. The van der Waals surface area contributed by atoms with Crippen LogP contribution in [0.1, 0.15) is 57.1 Å². The lowest BCUT2D eigenvalue weighted by Gasteiger charge is -2.12. The van der Waals surface area contributed by atoms with E-state index >= 15 is 0 Å². The molecule has 0 aliphatic carbocycles. The molecule has 0 bridgehead atoms. The zero-order valence-electron chi connectivity index (χ0n) is 11.1. The molecule has 1 heteroatoms. The molecule has 0 aromatic heterocycles. The molecule has 0 amide bonds. The third-order valence-corrected chi connectivity index (χ3v) is 3.00. The Morgan fingerprint density at radius 2 is 1.94 bits per heavy atom. The second-order valence-electron chi connectivity index (χ2n) is 4.86. The molecule has 1 aromatic carbocycles. The lowest BCUT2D eigenvalue weighted by molar-refractivity contribution is 0.743. The van der Waals surface area contributed by atoms with Crippen LogP contribution in [0, 0.1) is 6.92 Å². The second kappa shape index (κ2) is 6.57. The summed E-state index contributed by atoms with van der Waals surface area (Å²) in [5, 5.41) is 3.49. The van der Waals surface area contributed by atoms with Gasteiger partial charge in [-0.05, 0) is 42.5 Å². The van der Waals surface area contributed by atoms with Crippen molar-refractivity contribution in [2.75, 3.05) is 11.9 Å². The van der Waals surface area contributed by atoms with Crippen LogP contribution in [0.4, 0.5) is 5.69 Å². The summed E-state index contributed by atoms with van der Waals surface area (Å²) in [5.41, 5.74) is 4.12. The highest BCUT2D eigenvalue weighted by Gasteiger charge is 2.03. The van der Waals surface area contributed by atoms with Crippen molar-refractivity contribution < 1.29 is 0 Å². The van der Waals surface area contributed by atoms with Gasteiger partial charge < -0.3 is 5.32 Å². The molecule has 0 aliphatic rings. The Labute approximate surface area is 100 Å². The molecule has 90 valence electrons. The van der Waals surface area contributed by atoms with E-state index < -0.39 is 0 Å². The van der Waals surface area contributed by atoms with Crippen LogP contribution in [0.3, 0.4) is 0 Å². The highest BCUT2D eigenvalue weighted by atomic mass is 14.9. The van der Waals surface area contributed by atoms with Crippen LogP contribution in [0.25, 0.3) is 0 Å². The summed E-state index contributed by atoms with van der Waals surface area (Å²) < 4.78 is 0. The average Bonchev–Trinajstić information content (AvgIpc) is 2.24. The van der Waals surface area contributed by atoms with E-state index in [1.165, 1.54) is 36.1 Å². The summed E-state index contributed by atoms with van der Waals surface area (Å²) in [4.78, 5) is 0.